The zero-order chi connectivity index (χ0) is 17.7. The van der Waals surface area contributed by atoms with Crippen molar-refractivity contribution in [2.75, 3.05) is 6.54 Å². The van der Waals surface area contributed by atoms with Gasteiger partial charge in [-0.15, -0.1) is 11.3 Å². The maximum Gasteiger partial charge on any atom is 0.227 e. The summed E-state index contributed by atoms with van der Waals surface area (Å²) >= 11 is 1.43. The number of carbonyl (C=O) groups excluding carboxylic acids is 1. The first kappa shape index (κ1) is 17.5. The van der Waals surface area contributed by atoms with Gasteiger partial charge in [0.25, 0.3) is 0 Å². The van der Waals surface area contributed by atoms with Crippen molar-refractivity contribution in [3.05, 3.63) is 82.4 Å². The molecule has 0 aliphatic heterocycles. The summed E-state index contributed by atoms with van der Waals surface area (Å²) < 4.78 is 5.43. The Morgan fingerprint density at radius 2 is 2.00 bits per heavy atom. The molecule has 5 heteroatoms. The van der Waals surface area contributed by atoms with Gasteiger partial charge < -0.3 is 14.8 Å². The number of thiophene rings is 1. The van der Waals surface area contributed by atoms with E-state index >= 15 is 0 Å². The highest BCUT2D eigenvalue weighted by atomic mass is 32.1. The molecule has 0 fully saturated rings. The van der Waals surface area contributed by atoms with Crippen molar-refractivity contribution < 1.29 is 14.3 Å². The lowest BCUT2D eigenvalue weighted by Crippen LogP contribution is -2.42. The lowest BCUT2D eigenvalue weighted by Gasteiger charge is -2.26. The van der Waals surface area contributed by atoms with Gasteiger partial charge in [-0.3, -0.25) is 4.79 Å². The molecule has 25 heavy (non-hydrogen) atoms. The molecule has 2 heterocycles. The van der Waals surface area contributed by atoms with Gasteiger partial charge in [-0.1, -0.05) is 43.3 Å². The van der Waals surface area contributed by atoms with E-state index in [-0.39, 0.29) is 18.4 Å². The highest BCUT2D eigenvalue weighted by molar-refractivity contribution is 7.10. The minimum atomic E-state index is -1.37. The number of amides is 1. The Labute approximate surface area is 151 Å². The van der Waals surface area contributed by atoms with Crippen LogP contribution < -0.4 is 5.32 Å². The third-order valence-corrected chi connectivity index (χ3v) is 5.32. The van der Waals surface area contributed by atoms with Gasteiger partial charge in [0.15, 0.2) is 5.60 Å². The second-order valence-electron chi connectivity index (χ2n) is 5.90. The van der Waals surface area contributed by atoms with E-state index < -0.39 is 5.60 Å². The van der Waals surface area contributed by atoms with Gasteiger partial charge >= 0.3 is 0 Å². The molecule has 0 saturated heterocycles. The Balaban J connectivity index is 1.79. The first-order valence-electron chi connectivity index (χ1n) is 8.28. The molecule has 2 aromatic heterocycles. The highest BCUT2D eigenvalue weighted by Crippen LogP contribution is 2.33. The second kappa shape index (κ2) is 7.68. The molecule has 0 aliphatic rings. The molecule has 0 bridgehead atoms. The smallest absolute Gasteiger partial charge is 0.227 e. The molecule has 4 nitrogen and oxygen atoms in total. The third-order valence-electron chi connectivity index (χ3n) is 4.30. The van der Waals surface area contributed by atoms with E-state index in [2.05, 4.69) is 5.32 Å². The van der Waals surface area contributed by atoms with Crippen LogP contribution in [0.5, 0.6) is 0 Å². The Kier molecular flexibility index (Phi) is 5.36. The fraction of sp³-hybridized carbons (Fsp3) is 0.250. The summed E-state index contributed by atoms with van der Waals surface area (Å²) in [4.78, 5) is 13.4. The molecule has 3 aromatic rings. The van der Waals surface area contributed by atoms with E-state index in [4.69, 9.17) is 4.42 Å². The standard InChI is InChI=1S/C20H21NO3S/c1-2-16(15-8-4-3-5-9-15)19(22)21-14-20(23,17-10-6-12-24-17)18-11-7-13-25-18/h3-13,16,23H,2,14H2,1H3,(H,21,22). The summed E-state index contributed by atoms with van der Waals surface area (Å²) in [5.74, 6) is 0.0728. The Bertz CT molecular complexity index is 747. The van der Waals surface area contributed by atoms with Crippen molar-refractivity contribution in [2.45, 2.75) is 24.9 Å². The molecule has 3 rings (SSSR count). The Morgan fingerprint density at radius 1 is 1.20 bits per heavy atom. The van der Waals surface area contributed by atoms with Crippen LogP contribution in [0.4, 0.5) is 0 Å². The third kappa shape index (κ3) is 3.67. The van der Waals surface area contributed by atoms with Gasteiger partial charge in [0.05, 0.1) is 18.7 Å². The van der Waals surface area contributed by atoms with Gasteiger partial charge in [-0.2, -0.15) is 0 Å². The second-order valence-corrected chi connectivity index (χ2v) is 6.85. The van der Waals surface area contributed by atoms with E-state index in [1.807, 2.05) is 54.8 Å². The maximum absolute atomic E-state index is 12.7. The van der Waals surface area contributed by atoms with Crippen LogP contribution in [0.1, 0.15) is 35.5 Å². The number of benzene rings is 1. The average Bonchev–Trinajstić information content (AvgIpc) is 3.35. The summed E-state index contributed by atoms with van der Waals surface area (Å²) in [7, 11) is 0. The summed E-state index contributed by atoms with van der Waals surface area (Å²) in [5.41, 5.74) is -0.400. The minimum Gasteiger partial charge on any atom is -0.466 e. The molecule has 2 atom stereocenters. The van der Waals surface area contributed by atoms with Crippen LogP contribution in [0.3, 0.4) is 0 Å². The van der Waals surface area contributed by atoms with E-state index in [0.29, 0.717) is 12.2 Å². The van der Waals surface area contributed by atoms with Crippen LogP contribution in [0.2, 0.25) is 0 Å². The van der Waals surface area contributed by atoms with Crippen LogP contribution in [-0.2, 0) is 10.4 Å². The summed E-state index contributed by atoms with van der Waals surface area (Å²) in [5, 5.41) is 16.0. The lowest BCUT2D eigenvalue weighted by molar-refractivity contribution is -0.123. The number of hydrogen-bond acceptors (Lipinski definition) is 4. The Morgan fingerprint density at radius 3 is 2.60 bits per heavy atom. The van der Waals surface area contributed by atoms with Crippen molar-refractivity contribution in [1.29, 1.82) is 0 Å². The van der Waals surface area contributed by atoms with Crippen molar-refractivity contribution >= 4 is 17.2 Å². The summed E-state index contributed by atoms with van der Waals surface area (Å²) in [6.07, 6.45) is 2.21. The van der Waals surface area contributed by atoms with Crippen molar-refractivity contribution in [3.8, 4) is 0 Å². The van der Waals surface area contributed by atoms with Crippen LogP contribution in [0.15, 0.2) is 70.7 Å². The van der Waals surface area contributed by atoms with Gasteiger partial charge in [0, 0.05) is 4.88 Å². The van der Waals surface area contributed by atoms with E-state index in [1.165, 1.54) is 17.6 Å². The number of nitrogens with one attached hydrogen (secondary N) is 1. The molecular weight excluding hydrogens is 334 g/mol. The van der Waals surface area contributed by atoms with Crippen LogP contribution in [0, 0.1) is 0 Å². The van der Waals surface area contributed by atoms with Crippen LogP contribution >= 0.6 is 11.3 Å². The molecule has 1 amide bonds. The molecular formula is C20H21NO3S. The molecule has 2 unspecified atom stereocenters. The van der Waals surface area contributed by atoms with Gasteiger partial charge in [-0.25, -0.2) is 0 Å². The zero-order valence-electron chi connectivity index (χ0n) is 14.0. The Hall–Kier alpha value is -2.37. The number of aliphatic hydroxyl groups is 1. The number of rotatable bonds is 7. The molecule has 0 saturated carbocycles. The topological polar surface area (TPSA) is 62.5 Å². The summed E-state index contributed by atoms with van der Waals surface area (Å²) in [6.45, 7) is 2.04. The monoisotopic (exact) mass is 355 g/mol. The fourth-order valence-electron chi connectivity index (χ4n) is 2.92. The molecule has 0 aliphatic carbocycles. The normalized spacial score (nSPS) is 14.6. The number of furan rings is 1. The largest absolute Gasteiger partial charge is 0.466 e. The van der Waals surface area contributed by atoms with Crippen LogP contribution in [-0.4, -0.2) is 17.6 Å². The SMILES string of the molecule is CCC(C(=O)NCC(O)(c1ccco1)c1cccs1)c1ccccc1. The van der Waals surface area contributed by atoms with Crippen molar-refractivity contribution in [1.82, 2.24) is 5.32 Å². The number of carbonyl (C=O) groups is 1. The highest BCUT2D eigenvalue weighted by Gasteiger charge is 2.36. The first-order chi connectivity index (χ1) is 12.1. The predicted molar refractivity (Wildman–Crippen MR) is 98.5 cm³/mol. The van der Waals surface area contributed by atoms with E-state index in [1.54, 1.807) is 12.1 Å². The number of hydrogen-bond donors (Lipinski definition) is 2. The maximum atomic E-state index is 12.7. The summed E-state index contributed by atoms with van der Waals surface area (Å²) in [6, 6.07) is 16.8. The zero-order valence-corrected chi connectivity index (χ0v) is 14.8. The van der Waals surface area contributed by atoms with Crippen molar-refractivity contribution in [2.24, 2.45) is 0 Å². The van der Waals surface area contributed by atoms with Gasteiger partial charge in [-0.05, 0) is 35.6 Å². The molecule has 0 radical (unpaired) electrons. The first-order valence-corrected chi connectivity index (χ1v) is 9.16. The average molecular weight is 355 g/mol. The quantitative estimate of drug-likeness (QED) is 0.676. The molecule has 1 aromatic carbocycles. The van der Waals surface area contributed by atoms with Gasteiger partial charge in [0.2, 0.25) is 5.91 Å². The minimum absolute atomic E-state index is 0.0587. The molecule has 0 spiro atoms. The van der Waals surface area contributed by atoms with E-state index in [9.17, 15) is 9.90 Å². The van der Waals surface area contributed by atoms with Gasteiger partial charge in [0.1, 0.15) is 5.76 Å². The fourth-order valence-corrected chi connectivity index (χ4v) is 3.75. The molecule has 2 N–H and O–H groups in total. The van der Waals surface area contributed by atoms with Crippen molar-refractivity contribution in [3.63, 3.8) is 0 Å². The molecule has 130 valence electrons. The van der Waals surface area contributed by atoms with Crippen LogP contribution in [0.25, 0.3) is 0 Å². The predicted octanol–water partition coefficient (Wildman–Crippen LogP) is 3.89. The lowest BCUT2D eigenvalue weighted by atomic mass is 9.94. The van der Waals surface area contributed by atoms with E-state index in [0.717, 1.165) is 10.4 Å².